The monoisotopic (exact) mass is 150 g/mol. The van der Waals surface area contributed by atoms with Crippen LogP contribution in [0.1, 0.15) is 13.3 Å². The Labute approximate surface area is 56.8 Å². The van der Waals surface area contributed by atoms with E-state index in [-0.39, 0.29) is 5.44 Å². The summed E-state index contributed by atoms with van der Waals surface area (Å²) in [6.45, 7) is 1.85. The summed E-state index contributed by atoms with van der Waals surface area (Å²) in [6, 6.07) is 0. The lowest BCUT2D eigenvalue weighted by molar-refractivity contribution is -0.145. The van der Waals surface area contributed by atoms with Gasteiger partial charge in [0.05, 0.1) is 0 Å². The SMILES string of the molecule is CC[C@@H]1OC(=O)[C@@H](F)S1. The lowest BCUT2D eigenvalue weighted by atomic mass is 10.5. The first-order valence-corrected chi connectivity index (χ1v) is 3.68. The van der Waals surface area contributed by atoms with Crippen LogP contribution in [-0.2, 0) is 9.53 Å². The van der Waals surface area contributed by atoms with Crippen molar-refractivity contribution in [2.45, 2.75) is 24.3 Å². The van der Waals surface area contributed by atoms with E-state index in [1.165, 1.54) is 0 Å². The summed E-state index contributed by atoms with van der Waals surface area (Å²) >= 11 is 0.935. The van der Waals surface area contributed by atoms with E-state index in [2.05, 4.69) is 4.74 Å². The highest BCUT2D eigenvalue weighted by atomic mass is 32.2. The van der Waals surface area contributed by atoms with Crippen LogP contribution in [0, 0.1) is 0 Å². The molecule has 1 rings (SSSR count). The number of ether oxygens (including phenoxy) is 1. The van der Waals surface area contributed by atoms with Crippen LogP contribution in [0.2, 0.25) is 0 Å². The number of cyclic esters (lactones) is 1. The third-order valence-electron chi connectivity index (χ3n) is 1.04. The van der Waals surface area contributed by atoms with Crippen LogP contribution >= 0.6 is 11.8 Å². The topological polar surface area (TPSA) is 26.3 Å². The highest BCUT2D eigenvalue weighted by Gasteiger charge is 2.33. The molecule has 0 aromatic rings. The lowest BCUT2D eigenvalue weighted by Crippen LogP contribution is -2.06. The molecule has 9 heavy (non-hydrogen) atoms. The molecular weight excluding hydrogens is 143 g/mol. The lowest BCUT2D eigenvalue weighted by Gasteiger charge is -2.00. The van der Waals surface area contributed by atoms with Crippen molar-refractivity contribution in [1.82, 2.24) is 0 Å². The van der Waals surface area contributed by atoms with Crippen molar-refractivity contribution in [1.29, 1.82) is 0 Å². The van der Waals surface area contributed by atoms with Crippen molar-refractivity contribution in [2.75, 3.05) is 0 Å². The quantitative estimate of drug-likeness (QED) is 0.527. The van der Waals surface area contributed by atoms with Crippen molar-refractivity contribution in [2.24, 2.45) is 0 Å². The predicted molar refractivity (Wildman–Crippen MR) is 32.7 cm³/mol. The van der Waals surface area contributed by atoms with E-state index in [0.29, 0.717) is 6.42 Å². The summed E-state index contributed by atoms with van der Waals surface area (Å²) in [6.07, 6.45) is 0.677. The zero-order valence-corrected chi connectivity index (χ0v) is 5.78. The molecule has 0 aliphatic carbocycles. The first-order valence-electron chi connectivity index (χ1n) is 2.74. The molecule has 1 heterocycles. The Morgan fingerprint density at radius 1 is 1.89 bits per heavy atom. The van der Waals surface area contributed by atoms with Crippen LogP contribution in [0.15, 0.2) is 0 Å². The number of halogens is 1. The van der Waals surface area contributed by atoms with Crippen molar-refractivity contribution < 1.29 is 13.9 Å². The molecule has 0 spiro atoms. The third-order valence-corrected chi connectivity index (χ3v) is 2.20. The van der Waals surface area contributed by atoms with Gasteiger partial charge in [0.2, 0.25) is 5.50 Å². The smallest absolute Gasteiger partial charge is 0.352 e. The van der Waals surface area contributed by atoms with Crippen molar-refractivity contribution >= 4 is 17.7 Å². The summed E-state index contributed by atoms with van der Waals surface area (Å²) in [5.74, 6) is -0.730. The van der Waals surface area contributed by atoms with Crippen LogP contribution in [0.25, 0.3) is 0 Å². The molecule has 0 bridgehead atoms. The summed E-state index contributed by atoms with van der Waals surface area (Å²) in [5, 5.41) is 0. The van der Waals surface area contributed by atoms with Gasteiger partial charge >= 0.3 is 5.97 Å². The Kier molecular flexibility index (Phi) is 1.95. The molecule has 0 radical (unpaired) electrons. The Morgan fingerprint density at radius 3 is 2.78 bits per heavy atom. The van der Waals surface area contributed by atoms with Gasteiger partial charge in [0.1, 0.15) is 0 Å². The number of rotatable bonds is 1. The number of alkyl halides is 1. The molecule has 1 fully saturated rings. The maximum Gasteiger partial charge on any atom is 0.352 e. The van der Waals surface area contributed by atoms with E-state index in [1.807, 2.05) is 6.92 Å². The first-order chi connectivity index (χ1) is 4.24. The highest BCUT2D eigenvalue weighted by molar-refractivity contribution is 8.01. The fraction of sp³-hybridized carbons (Fsp3) is 0.800. The molecule has 0 amide bonds. The summed E-state index contributed by atoms with van der Waals surface area (Å²) in [4.78, 5) is 10.3. The minimum atomic E-state index is -1.45. The Bertz CT molecular complexity index is 128. The summed E-state index contributed by atoms with van der Waals surface area (Å²) in [5.41, 5.74) is -1.71. The van der Waals surface area contributed by atoms with Crippen molar-refractivity contribution in [3.05, 3.63) is 0 Å². The maximum absolute atomic E-state index is 12.2. The predicted octanol–water partition coefficient (Wildman–Crippen LogP) is 1.31. The van der Waals surface area contributed by atoms with E-state index in [0.717, 1.165) is 11.8 Å². The fourth-order valence-corrected chi connectivity index (χ4v) is 1.36. The van der Waals surface area contributed by atoms with E-state index in [1.54, 1.807) is 0 Å². The van der Waals surface area contributed by atoms with Gasteiger partial charge in [-0.1, -0.05) is 18.7 Å². The molecule has 4 heteroatoms. The minimum absolute atomic E-state index is 0.257. The van der Waals surface area contributed by atoms with Crippen LogP contribution in [0.3, 0.4) is 0 Å². The largest absolute Gasteiger partial charge is 0.448 e. The van der Waals surface area contributed by atoms with Crippen LogP contribution < -0.4 is 0 Å². The second kappa shape index (κ2) is 2.56. The van der Waals surface area contributed by atoms with Crippen LogP contribution in [0.4, 0.5) is 4.39 Å². The molecule has 1 aliphatic rings. The highest BCUT2D eigenvalue weighted by Crippen LogP contribution is 2.30. The number of hydrogen-bond donors (Lipinski definition) is 0. The molecule has 0 aromatic heterocycles. The standard InChI is InChI=1S/C5H7FO2S/c1-2-3-8-5(7)4(6)9-3/h3-4H,2H2,1H3/t3-,4+/m1/s1. The molecule has 0 unspecified atom stereocenters. The molecule has 2 atom stereocenters. The molecule has 0 aromatic carbocycles. The average Bonchev–Trinajstić information content (AvgIpc) is 2.13. The zero-order chi connectivity index (χ0) is 6.85. The minimum Gasteiger partial charge on any atom is -0.448 e. The van der Waals surface area contributed by atoms with Gasteiger partial charge in [-0.15, -0.1) is 0 Å². The molecule has 0 saturated carbocycles. The van der Waals surface area contributed by atoms with Gasteiger partial charge in [-0.2, -0.15) is 0 Å². The number of esters is 1. The van der Waals surface area contributed by atoms with Gasteiger partial charge < -0.3 is 4.74 Å². The van der Waals surface area contributed by atoms with Gasteiger partial charge in [0, 0.05) is 0 Å². The van der Waals surface area contributed by atoms with Gasteiger partial charge in [0.15, 0.2) is 5.44 Å². The Morgan fingerprint density at radius 2 is 2.56 bits per heavy atom. The zero-order valence-electron chi connectivity index (χ0n) is 4.96. The second-order valence-corrected chi connectivity index (χ2v) is 2.94. The van der Waals surface area contributed by atoms with E-state index >= 15 is 0 Å². The first kappa shape index (κ1) is 6.86. The fourth-order valence-electron chi connectivity index (χ4n) is 0.579. The maximum atomic E-state index is 12.2. The van der Waals surface area contributed by atoms with E-state index < -0.39 is 11.5 Å². The molecule has 0 N–H and O–H groups in total. The van der Waals surface area contributed by atoms with E-state index in [4.69, 9.17) is 0 Å². The summed E-state index contributed by atoms with van der Waals surface area (Å²) in [7, 11) is 0. The number of carbonyl (C=O) groups excluding carboxylic acids is 1. The number of carbonyl (C=O) groups is 1. The van der Waals surface area contributed by atoms with E-state index in [9.17, 15) is 9.18 Å². The average molecular weight is 150 g/mol. The van der Waals surface area contributed by atoms with Gasteiger partial charge in [-0.3, -0.25) is 0 Å². The molecule has 52 valence electrons. The normalized spacial score (nSPS) is 34.7. The Hall–Kier alpha value is -0.250. The number of thioether (sulfide) groups is 1. The van der Waals surface area contributed by atoms with Gasteiger partial charge in [-0.25, -0.2) is 9.18 Å². The van der Waals surface area contributed by atoms with Crippen LogP contribution in [-0.4, -0.2) is 16.9 Å². The van der Waals surface area contributed by atoms with Gasteiger partial charge in [0.25, 0.3) is 0 Å². The molecular formula is C5H7FO2S. The van der Waals surface area contributed by atoms with Crippen molar-refractivity contribution in [3.8, 4) is 0 Å². The third kappa shape index (κ3) is 1.36. The summed E-state index contributed by atoms with van der Waals surface area (Å²) < 4.78 is 16.8. The Balaban J connectivity index is 2.44. The van der Waals surface area contributed by atoms with Crippen LogP contribution in [0.5, 0.6) is 0 Å². The molecule has 1 aliphatic heterocycles. The second-order valence-electron chi connectivity index (χ2n) is 1.73. The van der Waals surface area contributed by atoms with Gasteiger partial charge in [-0.05, 0) is 6.42 Å². The number of hydrogen-bond acceptors (Lipinski definition) is 3. The van der Waals surface area contributed by atoms with Crippen molar-refractivity contribution in [3.63, 3.8) is 0 Å². The molecule has 1 saturated heterocycles. The molecule has 2 nitrogen and oxygen atoms in total.